The molecule has 2 aromatic carbocycles. The van der Waals surface area contributed by atoms with Crippen LogP contribution < -0.4 is 10.5 Å². The van der Waals surface area contributed by atoms with E-state index >= 15 is 0 Å². The lowest BCUT2D eigenvalue weighted by Gasteiger charge is -2.10. The predicted molar refractivity (Wildman–Crippen MR) is 167 cm³/mol. The van der Waals surface area contributed by atoms with E-state index in [1.165, 1.54) is 12.1 Å². The van der Waals surface area contributed by atoms with E-state index in [2.05, 4.69) is 0 Å². The predicted octanol–water partition coefficient (Wildman–Crippen LogP) is 2.49. The molecule has 13 nitrogen and oxygen atoms in total. The number of ether oxygens (including phenoxy) is 9. The molecule has 0 spiro atoms. The second-order valence-corrected chi connectivity index (χ2v) is 11.0. The number of nitrogen functional groups attached to an aromatic ring is 1. The van der Waals surface area contributed by atoms with Gasteiger partial charge in [0.2, 0.25) is 0 Å². The summed E-state index contributed by atoms with van der Waals surface area (Å²) in [4.78, 5) is 0.128. The van der Waals surface area contributed by atoms with Crippen LogP contribution in [-0.2, 0) is 52.2 Å². The van der Waals surface area contributed by atoms with Crippen LogP contribution in [0.3, 0.4) is 0 Å². The molecule has 0 aromatic heterocycles. The minimum absolute atomic E-state index is 0.0597. The summed E-state index contributed by atoms with van der Waals surface area (Å²) in [5, 5.41) is 0. The molecule has 0 atom stereocenters. The molecular formula is C31H49NO12S. The van der Waals surface area contributed by atoms with Gasteiger partial charge in [-0.3, -0.25) is 4.18 Å². The van der Waals surface area contributed by atoms with Gasteiger partial charge in [-0.15, -0.1) is 0 Å². The lowest BCUT2D eigenvalue weighted by atomic mass is 10.2. The monoisotopic (exact) mass is 659 g/mol. The Kier molecular flexibility index (Phi) is 22.2. The van der Waals surface area contributed by atoms with Crippen LogP contribution in [0.2, 0.25) is 0 Å². The third-order valence-corrected chi connectivity index (χ3v) is 7.11. The number of benzene rings is 2. The molecule has 2 N–H and O–H groups in total. The Hall–Kier alpha value is -2.37. The van der Waals surface area contributed by atoms with Crippen molar-refractivity contribution >= 4 is 15.8 Å². The first kappa shape index (κ1) is 38.8. The SMILES string of the molecule is Cc1ccc(S(=O)(=O)OCCOCCOCCOCCOCCOCCOCCOCCOCCOc2ccccc2N)cc1. The molecule has 2 rings (SSSR count). The largest absolute Gasteiger partial charge is 0.489 e. The Morgan fingerprint density at radius 1 is 0.489 bits per heavy atom. The van der Waals surface area contributed by atoms with Gasteiger partial charge in [0.25, 0.3) is 10.1 Å². The third-order valence-electron chi connectivity index (χ3n) is 5.78. The molecule has 0 heterocycles. The molecule has 0 amide bonds. The normalized spacial score (nSPS) is 11.7. The van der Waals surface area contributed by atoms with Gasteiger partial charge in [-0.1, -0.05) is 29.8 Å². The summed E-state index contributed by atoms with van der Waals surface area (Å²) < 4.78 is 78.1. The first-order chi connectivity index (χ1) is 22.0. The average molecular weight is 660 g/mol. The highest BCUT2D eigenvalue weighted by atomic mass is 32.2. The van der Waals surface area contributed by atoms with Crippen LogP contribution in [0.4, 0.5) is 5.69 Å². The molecule has 0 aliphatic heterocycles. The zero-order valence-corrected chi connectivity index (χ0v) is 27.0. The Balaban J connectivity index is 1.20. The van der Waals surface area contributed by atoms with Crippen molar-refractivity contribution < 1.29 is 55.2 Å². The Morgan fingerprint density at radius 3 is 1.24 bits per heavy atom. The summed E-state index contributed by atoms with van der Waals surface area (Å²) in [6, 6.07) is 13.8. The number of hydrogen-bond acceptors (Lipinski definition) is 13. The Bertz CT molecular complexity index is 1090. The van der Waals surface area contributed by atoms with E-state index in [1.807, 2.05) is 25.1 Å². The van der Waals surface area contributed by atoms with Crippen molar-refractivity contribution in [2.24, 2.45) is 0 Å². The fourth-order valence-corrected chi connectivity index (χ4v) is 4.33. The standard InChI is InChI=1S/C31H49NO12S/c1-28-6-8-29(9-7-28)45(33,34)44-27-25-42-23-21-40-19-17-38-15-13-36-11-10-35-12-14-37-16-18-39-20-22-41-24-26-43-31-5-3-2-4-30(31)32/h2-9H,10-27,32H2,1H3. The third kappa shape index (κ3) is 20.4. The number of rotatable bonds is 30. The lowest BCUT2D eigenvalue weighted by molar-refractivity contribution is -0.0240. The van der Waals surface area contributed by atoms with E-state index < -0.39 is 10.1 Å². The molecule has 0 saturated carbocycles. The molecule has 14 heteroatoms. The molecule has 0 saturated heterocycles. The van der Waals surface area contributed by atoms with Crippen LogP contribution in [0.25, 0.3) is 0 Å². The molecular weight excluding hydrogens is 610 g/mol. The van der Waals surface area contributed by atoms with Gasteiger partial charge >= 0.3 is 0 Å². The number of para-hydroxylation sites is 2. The molecule has 0 unspecified atom stereocenters. The highest BCUT2D eigenvalue weighted by Gasteiger charge is 2.14. The number of nitrogens with two attached hydrogens (primary N) is 1. The summed E-state index contributed by atoms with van der Waals surface area (Å²) >= 11 is 0. The minimum atomic E-state index is -3.77. The van der Waals surface area contributed by atoms with Crippen molar-refractivity contribution in [3.05, 3.63) is 54.1 Å². The topological polar surface area (TPSA) is 152 Å². The van der Waals surface area contributed by atoms with Gasteiger partial charge in [-0.05, 0) is 31.2 Å². The van der Waals surface area contributed by atoms with Crippen molar-refractivity contribution in [3.63, 3.8) is 0 Å². The average Bonchev–Trinajstić information content (AvgIpc) is 3.03. The maximum absolute atomic E-state index is 12.1. The fraction of sp³-hybridized carbons (Fsp3) is 0.613. The zero-order valence-electron chi connectivity index (χ0n) is 26.2. The maximum Gasteiger partial charge on any atom is 0.297 e. The first-order valence-corrected chi connectivity index (χ1v) is 16.5. The van der Waals surface area contributed by atoms with Gasteiger partial charge in [-0.25, -0.2) is 0 Å². The quantitative estimate of drug-likeness (QED) is 0.0743. The van der Waals surface area contributed by atoms with Crippen molar-refractivity contribution in [2.45, 2.75) is 11.8 Å². The smallest absolute Gasteiger partial charge is 0.297 e. The van der Waals surface area contributed by atoms with Gasteiger partial charge in [0.15, 0.2) is 0 Å². The van der Waals surface area contributed by atoms with Crippen LogP contribution in [0.15, 0.2) is 53.4 Å². The molecule has 2 aromatic rings. The number of anilines is 1. The van der Waals surface area contributed by atoms with Crippen LogP contribution in [0, 0.1) is 6.92 Å². The van der Waals surface area contributed by atoms with Crippen LogP contribution in [-0.4, -0.2) is 127 Å². The molecule has 0 radical (unpaired) electrons. The van der Waals surface area contributed by atoms with E-state index in [0.717, 1.165) is 5.56 Å². The Morgan fingerprint density at radius 2 is 0.844 bits per heavy atom. The number of hydrogen-bond donors (Lipinski definition) is 1. The second-order valence-electron chi connectivity index (χ2n) is 9.37. The highest BCUT2D eigenvalue weighted by molar-refractivity contribution is 7.86. The molecule has 0 bridgehead atoms. The Labute approximate surface area is 267 Å². The molecule has 0 aliphatic carbocycles. The van der Waals surface area contributed by atoms with Crippen molar-refractivity contribution in [1.29, 1.82) is 0 Å². The van der Waals surface area contributed by atoms with Gasteiger partial charge in [0.05, 0.1) is 123 Å². The molecule has 256 valence electrons. The van der Waals surface area contributed by atoms with E-state index in [4.69, 9.17) is 52.5 Å². The van der Waals surface area contributed by atoms with Gasteiger partial charge in [0, 0.05) is 0 Å². The van der Waals surface area contributed by atoms with E-state index in [-0.39, 0.29) is 18.1 Å². The van der Waals surface area contributed by atoms with Crippen LogP contribution in [0.5, 0.6) is 5.75 Å². The summed E-state index contributed by atoms with van der Waals surface area (Å²) in [7, 11) is -3.77. The fourth-order valence-electron chi connectivity index (χ4n) is 3.44. The van der Waals surface area contributed by atoms with Crippen LogP contribution >= 0.6 is 0 Å². The van der Waals surface area contributed by atoms with E-state index in [1.54, 1.807) is 18.2 Å². The van der Waals surface area contributed by atoms with E-state index in [9.17, 15) is 8.42 Å². The lowest BCUT2D eigenvalue weighted by Crippen LogP contribution is -2.15. The zero-order chi connectivity index (χ0) is 32.3. The first-order valence-electron chi connectivity index (χ1n) is 15.0. The van der Waals surface area contributed by atoms with Crippen molar-refractivity contribution in [3.8, 4) is 5.75 Å². The minimum Gasteiger partial charge on any atom is -0.489 e. The van der Waals surface area contributed by atoms with Crippen molar-refractivity contribution in [1.82, 2.24) is 0 Å². The van der Waals surface area contributed by atoms with Crippen molar-refractivity contribution in [2.75, 3.05) is 125 Å². The van der Waals surface area contributed by atoms with Gasteiger partial charge in [-0.2, -0.15) is 8.42 Å². The number of aryl methyl sites for hydroxylation is 1. The summed E-state index contributed by atoms with van der Waals surface area (Å²) in [5.41, 5.74) is 7.40. The molecule has 0 aliphatic rings. The molecule has 45 heavy (non-hydrogen) atoms. The summed E-state index contributed by atoms with van der Waals surface area (Å²) in [6.07, 6.45) is 0. The van der Waals surface area contributed by atoms with Gasteiger partial charge in [0.1, 0.15) is 12.4 Å². The summed E-state index contributed by atoms with van der Waals surface area (Å²) in [5.74, 6) is 0.660. The highest BCUT2D eigenvalue weighted by Crippen LogP contribution is 2.19. The maximum atomic E-state index is 12.1. The van der Waals surface area contributed by atoms with Gasteiger partial charge < -0.3 is 48.4 Å². The van der Waals surface area contributed by atoms with E-state index in [0.29, 0.717) is 117 Å². The van der Waals surface area contributed by atoms with Crippen LogP contribution in [0.1, 0.15) is 5.56 Å². The molecule has 0 fully saturated rings. The summed E-state index contributed by atoms with van der Waals surface area (Å²) in [6.45, 7) is 9.19. The second kappa shape index (κ2) is 25.8.